The Morgan fingerprint density at radius 1 is 1.00 bits per heavy atom. The molecule has 0 radical (unpaired) electrons. The molecule has 0 aromatic carbocycles. The van der Waals surface area contributed by atoms with Crippen molar-refractivity contribution in [3.05, 3.63) is 36.5 Å². The molecule has 148 valence electrons. The van der Waals surface area contributed by atoms with Crippen LogP contribution in [0.3, 0.4) is 0 Å². The minimum Gasteiger partial charge on any atom is -0.481 e. The summed E-state index contributed by atoms with van der Waals surface area (Å²) in [7, 11) is 0. The lowest BCUT2D eigenvalue weighted by Gasteiger charge is -2.19. The molecular formula is C23H38O3. The van der Waals surface area contributed by atoms with Gasteiger partial charge in [0.25, 0.3) is 0 Å². The van der Waals surface area contributed by atoms with Crippen LogP contribution in [0.25, 0.3) is 0 Å². The minimum atomic E-state index is -0.733. The van der Waals surface area contributed by atoms with Gasteiger partial charge in [0.1, 0.15) is 0 Å². The van der Waals surface area contributed by atoms with Gasteiger partial charge < -0.3 is 10.2 Å². The van der Waals surface area contributed by atoms with E-state index < -0.39 is 5.97 Å². The number of aliphatic hydroxyl groups excluding tert-OH is 1. The van der Waals surface area contributed by atoms with Crippen LogP contribution in [0.5, 0.6) is 0 Å². The normalized spacial score (nSPS) is 17.5. The summed E-state index contributed by atoms with van der Waals surface area (Å²) in [4.78, 5) is 10.4. The molecule has 0 bridgehead atoms. The quantitative estimate of drug-likeness (QED) is 0.260. The van der Waals surface area contributed by atoms with Crippen molar-refractivity contribution in [2.24, 2.45) is 11.8 Å². The summed E-state index contributed by atoms with van der Waals surface area (Å²) in [6.45, 7) is 2.23. The zero-order valence-corrected chi connectivity index (χ0v) is 16.5. The Morgan fingerprint density at radius 2 is 1.69 bits per heavy atom. The summed E-state index contributed by atoms with van der Waals surface area (Å²) in [6, 6.07) is 0. The molecule has 1 aliphatic rings. The lowest BCUT2D eigenvalue weighted by Crippen LogP contribution is -2.20. The Balaban J connectivity index is 2.20. The van der Waals surface area contributed by atoms with Crippen LogP contribution >= 0.6 is 0 Å². The second-order valence-electron chi connectivity index (χ2n) is 7.46. The number of allylic oxidation sites excluding steroid dienone is 5. The number of hydrogen-bond acceptors (Lipinski definition) is 2. The molecule has 0 saturated heterocycles. The second kappa shape index (κ2) is 14.8. The lowest BCUT2D eigenvalue weighted by molar-refractivity contribution is -0.137. The Labute approximate surface area is 159 Å². The van der Waals surface area contributed by atoms with E-state index in [9.17, 15) is 9.90 Å². The molecule has 1 fully saturated rings. The molecule has 1 rings (SSSR count). The van der Waals surface area contributed by atoms with Crippen molar-refractivity contribution in [1.82, 2.24) is 0 Å². The first-order valence-electron chi connectivity index (χ1n) is 10.5. The van der Waals surface area contributed by atoms with E-state index >= 15 is 0 Å². The Hall–Kier alpha value is -1.35. The largest absolute Gasteiger partial charge is 0.481 e. The van der Waals surface area contributed by atoms with Crippen LogP contribution in [0.1, 0.15) is 84.0 Å². The molecule has 3 nitrogen and oxygen atoms in total. The number of unbranched alkanes of at least 4 members (excludes halogenated alkanes) is 4. The zero-order chi connectivity index (χ0) is 19.0. The van der Waals surface area contributed by atoms with Crippen LogP contribution in [0.15, 0.2) is 36.5 Å². The molecule has 0 aliphatic heterocycles. The van der Waals surface area contributed by atoms with E-state index in [-0.39, 0.29) is 12.5 Å². The molecule has 1 aliphatic carbocycles. The van der Waals surface area contributed by atoms with Crippen LogP contribution in [-0.2, 0) is 4.79 Å². The van der Waals surface area contributed by atoms with E-state index in [1.807, 2.05) is 18.2 Å². The fourth-order valence-electron chi connectivity index (χ4n) is 3.27. The highest BCUT2D eigenvalue weighted by Gasteiger charge is 2.34. The molecule has 0 spiro atoms. The summed E-state index contributed by atoms with van der Waals surface area (Å²) in [5.74, 6) is 0.365. The van der Waals surface area contributed by atoms with Crippen LogP contribution in [0, 0.1) is 11.8 Å². The number of rotatable bonds is 16. The van der Waals surface area contributed by atoms with Gasteiger partial charge in [0.15, 0.2) is 0 Å². The molecule has 3 heteroatoms. The van der Waals surface area contributed by atoms with E-state index in [1.165, 1.54) is 38.5 Å². The summed E-state index contributed by atoms with van der Waals surface area (Å²) >= 11 is 0. The highest BCUT2D eigenvalue weighted by atomic mass is 16.4. The molecule has 0 aromatic heterocycles. The van der Waals surface area contributed by atoms with Gasteiger partial charge >= 0.3 is 5.97 Å². The highest BCUT2D eigenvalue weighted by molar-refractivity contribution is 5.66. The third-order valence-corrected chi connectivity index (χ3v) is 5.01. The standard InChI is InChI=1S/C23H38O3/c1-2-3-4-5-6-9-12-15-21(20-18-19-20)22(24)16-13-10-7-8-11-14-17-23(25)26/h6-9,13,16,20-22,24H,2-5,10-12,14-15,17-19H2,1H3,(H,25,26)/t21-,22-/m0/s1. The van der Waals surface area contributed by atoms with Gasteiger partial charge in [-0.1, -0.05) is 56.2 Å². The fourth-order valence-corrected chi connectivity index (χ4v) is 3.27. The smallest absolute Gasteiger partial charge is 0.303 e. The average Bonchev–Trinajstić information content (AvgIpc) is 3.44. The molecule has 26 heavy (non-hydrogen) atoms. The maximum Gasteiger partial charge on any atom is 0.303 e. The zero-order valence-electron chi connectivity index (χ0n) is 16.5. The number of carboxylic acid groups (broad SMARTS) is 1. The maximum atomic E-state index is 10.5. The molecule has 0 heterocycles. The number of aliphatic carboxylic acids is 1. The molecule has 0 aromatic rings. The van der Waals surface area contributed by atoms with Crippen molar-refractivity contribution >= 4 is 5.97 Å². The predicted octanol–water partition coefficient (Wildman–Crippen LogP) is 6.05. The molecule has 1 saturated carbocycles. The summed E-state index contributed by atoms with van der Waals surface area (Å²) < 4.78 is 0. The van der Waals surface area contributed by atoms with Crippen molar-refractivity contribution in [2.45, 2.75) is 90.1 Å². The number of carboxylic acids is 1. The predicted molar refractivity (Wildman–Crippen MR) is 109 cm³/mol. The van der Waals surface area contributed by atoms with Crippen molar-refractivity contribution in [2.75, 3.05) is 0 Å². The molecule has 0 unspecified atom stereocenters. The monoisotopic (exact) mass is 362 g/mol. The number of aliphatic hydroxyl groups is 1. The minimum absolute atomic E-state index is 0.231. The highest BCUT2D eigenvalue weighted by Crippen LogP contribution is 2.41. The molecule has 2 N–H and O–H groups in total. The Morgan fingerprint density at radius 3 is 2.38 bits per heavy atom. The van der Waals surface area contributed by atoms with Gasteiger partial charge in [0.2, 0.25) is 0 Å². The van der Waals surface area contributed by atoms with Gasteiger partial charge in [0, 0.05) is 6.42 Å². The van der Waals surface area contributed by atoms with Crippen molar-refractivity contribution in [1.29, 1.82) is 0 Å². The van der Waals surface area contributed by atoms with Crippen molar-refractivity contribution in [3.8, 4) is 0 Å². The van der Waals surface area contributed by atoms with E-state index in [0.29, 0.717) is 18.3 Å². The second-order valence-corrected chi connectivity index (χ2v) is 7.46. The summed E-state index contributed by atoms with van der Waals surface area (Å²) in [5, 5.41) is 19.1. The van der Waals surface area contributed by atoms with Gasteiger partial charge in [0.05, 0.1) is 6.10 Å². The van der Waals surface area contributed by atoms with Crippen molar-refractivity contribution in [3.63, 3.8) is 0 Å². The molecule has 0 amide bonds. The first-order chi connectivity index (χ1) is 12.6. The van der Waals surface area contributed by atoms with Gasteiger partial charge in [-0.05, 0) is 69.6 Å². The Bertz CT molecular complexity index is 446. The molecule has 2 atom stereocenters. The molecular weight excluding hydrogens is 324 g/mol. The first-order valence-corrected chi connectivity index (χ1v) is 10.5. The van der Waals surface area contributed by atoms with Gasteiger partial charge in [-0.2, -0.15) is 0 Å². The van der Waals surface area contributed by atoms with E-state index in [0.717, 1.165) is 25.7 Å². The third-order valence-electron chi connectivity index (χ3n) is 5.01. The Kier molecular flexibility index (Phi) is 12.9. The van der Waals surface area contributed by atoms with E-state index in [2.05, 4.69) is 25.2 Å². The van der Waals surface area contributed by atoms with Gasteiger partial charge in [-0.15, -0.1) is 0 Å². The van der Waals surface area contributed by atoms with E-state index in [4.69, 9.17) is 5.11 Å². The summed E-state index contributed by atoms with van der Waals surface area (Å²) in [6.07, 6.45) is 24.6. The number of carbonyl (C=O) groups is 1. The topological polar surface area (TPSA) is 57.5 Å². The number of hydrogen-bond donors (Lipinski definition) is 2. The third kappa shape index (κ3) is 12.1. The average molecular weight is 363 g/mol. The lowest BCUT2D eigenvalue weighted by atomic mass is 9.91. The van der Waals surface area contributed by atoms with E-state index in [1.54, 1.807) is 0 Å². The van der Waals surface area contributed by atoms with Crippen LogP contribution in [0.4, 0.5) is 0 Å². The van der Waals surface area contributed by atoms with Crippen LogP contribution in [0.2, 0.25) is 0 Å². The van der Waals surface area contributed by atoms with Crippen LogP contribution < -0.4 is 0 Å². The maximum absolute atomic E-state index is 10.5. The van der Waals surface area contributed by atoms with Gasteiger partial charge in [-0.25, -0.2) is 0 Å². The SMILES string of the molecule is CCCCCC=CCC[C@@H](C1CC1)[C@@H](O)C=CCC=CCCCC(=O)O. The first kappa shape index (κ1) is 22.7. The fraction of sp³-hybridized carbons (Fsp3) is 0.696. The van der Waals surface area contributed by atoms with Crippen LogP contribution in [-0.4, -0.2) is 22.3 Å². The van der Waals surface area contributed by atoms with Crippen molar-refractivity contribution < 1.29 is 15.0 Å². The summed E-state index contributed by atoms with van der Waals surface area (Å²) in [5.41, 5.74) is 0. The van der Waals surface area contributed by atoms with Gasteiger partial charge in [-0.3, -0.25) is 4.79 Å².